The van der Waals surface area contributed by atoms with Crippen molar-refractivity contribution >= 4 is 27.6 Å². The molecule has 0 atom stereocenters. The van der Waals surface area contributed by atoms with Crippen LogP contribution in [0.3, 0.4) is 0 Å². The van der Waals surface area contributed by atoms with Crippen LogP contribution in [0.25, 0.3) is 21.7 Å². The molecule has 5 heteroatoms. The summed E-state index contributed by atoms with van der Waals surface area (Å²) >= 11 is 0. The van der Waals surface area contributed by atoms with Crippen molar-refractivity contribution in [3.63, 3.8) is 0 Å². The molecule has 0 saturated carbocycles. The molecule has 0 fully saturated rings. The lowest BCUT2D eigenvalue weighted by atomic mass is 10.1. The van der Waals surface area contributed by atoms with Crippen LogP contribution in [0, 0.1) is 6.92 Å². The zero-order valence-corrected chi connectivity index (χ0v) is 16.7. The number of aromatic nitrogens is 1. The molecule has 0 aliphatic rings. The van der Waals surface area contributed by atoms with Gasteiger partial charge in [0, 0.05) is 18.0 Å². The number of amides is 1. The van der Waals surface area contributed by atoms with Crippen molar-refractivity contribution in [2.24, 2.45) is 0 Å². The maximum Gasteiger partial charge on any atom is 0.253 e. The fourth-order valence-electron chi connectivity index (χ4n) is 3.39. The highest BCUT2D eigenvalue weighted by Gasteiger charge is 2.12. The lowest BCUT2D eigenvalue weighted by molar-refractivity contribution is 0.0950. The molecule has 29 heavy (non-hydrogen) atoms. The SMILES string of the molecule is COc1ccc2cc(CNC(=O)c3cc4ccc(OC)cc4nc3C)ccc2c1. The number of hydrogen-bond donors (Lipinski definition) is 1. The summed E-state index contributed by atoms with van der Waals surface area (Å²) in [4.78, 5) is 17.3. The molecule has 1 N–H and O–H groups in total. The maximum atomic E-state index is 12.8. The van der Waals surface area contributed by atoms with Crippen molar-refractivity contribution in [1.82, 2.24) is 10.3 Å². The summed E-state index contributed by atoms with van der Waals surface area (Å²) in [5, 5.41) is 6.11. The lowest BCUT2D eigenvalue weighted by Crippen LogP contribution is -2.24. The molecule has 0 bridgehead atoms. The predicted molar refractivity (Wildman–Crippen MR) is 115 cm³/mol. The number of hydrogen-bond acceptors (Lipinski definition) is 4. The quantitative estimate of drug-likeness (QED) is 0.543. The molecule has 1 aromatic heterocycles. The Hall–Kier alpha value is -3.60. The second-order valence-electron chi connectivity index (χ2n) is 6.91. The fraction of sp³-hybridized carbons (Fsp3) is 0.167. The van der Waals surface area contributed by atoms with Crippen molar-refractivity contribution in [3.8, 4) is 11.5 Å². The second kappa shape index (κ2) is 7.80. The first kappa shape index (κ1) is 18.7. The van der Waals surface area contributed by atoms with Crippen molar-refractivity contribution in [2.75, 3.05) is 14.2 Å². The van der Waals surface area contributed by atoms with Gasteiger partial charge in [-0.05, 0) is 59.7 Å². The maximum absolute atomic E-state index is 12.8. The van der Waals surface area contributed by atoms with Crippen LogP contribution in [0.5, 0.6) is 11.5 Å². The van der Waals surface area contributed by atoms with Crippen LogP contribution in [0.4, 0.5) is 0 Å². The Morgan fingerprint density at radius 1 is 0.862 bits per heavy atom. The molecule has 4 aromatic rings. The summed E-state index contributed by atoms with van der Waals surface area (Å²) in [6.07, 6.45) is 0. The van der Waals surface area contributed by atoms with Crippen LogP contribution in [-0.4, -0.2) is 25.1 Å². The number of fused-ring (bicyclic) bond motifs is 2. The summed E-state index contributed by atoms with van der Waals surface area (Å²) in [6.45, 7) is 2.29. The van der Waals surface area contributed by atoms with Crippen LogP contribution in [0.2, 0.25) is 0 Å². The van der Waals surface area contributed by atoms with E-state index in [4.69, 9.17) is 9.47 Å². The van der Waals surface area contributed by atoms with Crippen molar-refractivity contribution in [2.45, 2.75) is 13.5 Å². The summed E-state index contributed by atoms with van der Waals surface area (Å²) < 4.78 is 10.5. The normalized spacial score (nSPS) is 10.9. The van der Waals surface area contributed by atoms with Crippen molar-refractivity contribution < 1.29 is 14.3 Å². The van der Waals surface area contributed by atoms with Crippen LogP contribution in [-0.2, 0) is 6.54 Å². The van der Waals surface area contributed by atoms with Crippen molar-refractivity contribution in [3.05, 3.63) is 77.5 Å². The highest BCUT2D eigenvalue weighted by molar-refractivity contribution is 5.98. The standard InChI is InChI=1S/C24H22N2O3/c1-15-22(12-19-7-9-21(29-3)13-23(19)26-15)24(27)25-14-16-4-5-18-11-20(28-2)8-6-17(18)10-16/h4-13H,14H2,1-3H3,(H,25,27). The molecule has 0 radical (unpaired) electrons. The van der Waals surface area contributed by atoms with Gasteiger partial charge < -0.3 is 14.8 Å². The lowest BCUT2D eigenvalue weighted by Gasteiger charge is -2.10. The molecule has 146 valence electrons. The van der Waals surface area contributed by atoms with Crippen molar-refractivity contribution in [1.29, 1.82) is 0 Å². The smallest absolute Gasteiger partial charge is 0.253 e. The van der Waals surface area contributed by atoms with Gasteiger partial charge in [0.25, 0.3) is 5.91 Å². The van der Waals surface area contributed by atoms with E-state index in [0.717, 1.165) is 38.7 Å². The van der Waals surface area contributed by atoms with E-state index < -0.39 is 0 Å². The predicted octanol–water partition coefficient (Wildman–Crippen LogP) is 4.64. The van der Waals surface area contributed by atoms with E-state index in [-0.39, 0.29) is 5.91 Å². The fourth-order valence-corrected chi connectivity index (χ4v) is 3.39. The molecule has 0 spiro atoms. The molecule has 0 saturated heterocycles. The number of rotatable bonds is 5. The second-order valence-corrected chi connectivity index (χ2v) is 6.91. The number of pyridine rings is 1. The molecular formula is C24H22N2O3. The van der Waals surface area contributed by atoms with Crippen LogP contribution in [0.1, 0.15) is 21.6 Å². The molecule has 4 rings (SSSR count). The van der Waals surface area contributed by atoms with E-state index in [1.54, 1.807) is 14.2 Å². The average Bonchev–Trinajstić information content (AvgIpc) is 2.76. The first-order valence-electron chi connectivity index (χ1n) is 9.37. The van der Waals surface area contributed by atoms with Crippen LogP contribution in [0.15, 0.2) is 60.7 Å². The molecule has 3 aromatic carbocycles. The number of nitrogens with one attached hydrogen (secondary N) is 1. The number of ether oxygens (including phenoxy) is 2. The first-order valence-corrected chi connectivity index (χ1v) is 9.37. The minimum Gasteiger partial charge on any atom is -0.497 e. The van der Waals surface area contributed by atoms with E-state index >= 15 is 0 Å². The summed E-state index contributed by atoms with van der Waals surface area (Å²) in [6, 6.07) is 19.6. The third-order valence-electron chi connectivity index (χ3n) is 5.02. The molecule has 1 heterocycles. The Morgan fingerprint density at radius 2 is 1.52 bits per heavy atom. The zero-order valence-electron chi connectivity index (χ0n) is 16.7. The summed E-state index contributed by atoms with van der Waals surface area (Å²) in [7, 11) is 3.28. The Morgan fingerprint density at radius 3 is 2.28 bits per heavy atom. The molecule has 0 aliphatic carbocycles. The van der Waals surface area contributed by atoms with E-state index in [1.165, 1.54) is 0 Å². The summed E-state index contributed by atoms with van der Waals surface area (Å²) in [5.41, 5.74) is 3.11. The van der Waals surface area contributed by atoms with Crippen LogP contribution < -0.4 is 14.8 Å². The van der Waals surface area contributed by atoms with Gasteiger partial charge in [-0.3, -0.25) is 9.78 Å². The Kier molecular flexibility index (Phi) is 5.04. The Bertz CT molecular complexity index is 1220. The van der Waals surface area contributed by atoms with Crippen LogP contribution >= 0.6 is 0 Å². The van der Waals surface area contributed by atoms with Gasteiger partial charge in [0.2, 0.25) is 0 Å². The van der Waals surface area contributed by atoms with Gasteiger partial charge in [0.15, 0.2) is 0 Å². The number of carbonyl (C=O) groups is 1. The number of aryl methyl sites for hydroxylation is 1. The van der Waals surface area contributed by atoms with Gasteiger partial charge >= 0.3 is 0 Å². The minimum absolute atomic E-state index is 0.137. The van der Waals surface area contributed by atoms with Gasteiger partial charge in [-0.25, -0.2) is 0 Å². The van der Waals surface area contributed by atoms with Gasteiger partial charge in [-0.1, -0.05) is 18.2 Å². The van der Waals surface area contributed by atoms with Gasteiger partial charge in [0.05, 0.1) is 31.0 Å². The van der Waals surface area contributed by atoms with E-state index in [0.29, 0.717) is 17.8 Å². The average molecular weight is 386 g/mol. The largest absolute Gasteiger partial charge is 0.497 e. The van der Waals surface area contributed by atoms with E-state index in [9.17, 15) is 4.79 Å². The minimum atomic E-state index is -0.137. The number of carbonyl (C=O) groups excluding carboxylic acids is 1. The topological polar surface area (TPSA) is 60.5 Å². The highest BCUT2D eigenvalue weighted by atomic mass is 16.5. The van der Waals surface area contributed by atoms with E-state index in [1.807, 2.05) is 61.5 Å². The monoisotopic (exact) mass is 386 g/mol. The molecule has 0 unspecified atom stereocenters. The Labute approximate surface area is 169 Å². The highest BCUT2D eigenvalue weighted by Crippen LogP contribution is 2.23. The zero-order chi connectivity index (χ0) is 20.4. The summed E-state index contributed by atoms with van der Waals surface area (Å²) in [5.74, 6) is 1.44. The third kappa shape index (κ3) is 3.85. The molecule has 1 amide bonds. The van der Waals surface area contributed by atoms with Gasteiger partial charge in [-0.15, -0.1) is 0 Å². The number of nitrogens with zero attached hydrogens (tertiary/aromatic N) is 1. The third-order valence-corrected chi connectivity index (χ3v) is 5.02. The number of methoxy groups -OCH3 is 2. The number of benzene rings is 3. The molecule has 0 aliphatic heterocycles. The molecular weight excluding hydrogens is 364 g/mol. The molecule has 5 nitrogen and oxygen atoms in total. The first-order chi connectivity index (χ1) is 14.1. The van der Waals surface area contributed by atoms with Gasteiger partial charge in [-0.2, -0.15) is 0 Å². The van der Waals surface area contributed by atoms with Gasteiger partial charge in [0.1, 0.15) is 11.5 Å². The Balaban J connectivity index is 1.53. The van der Waals surface area contributed by atoms with E-state index in [2.05, 4.69) is 16.4 Å².